The Morgan fingerprint density at radius 1 is 1.26 bits per heavy atom. The van der Waals surface area contributed by atoms with Crippen molar-refractivity contribution in [1.82, 2.24) is 29.2 Å². The van der Waals surface area contributed by atoms with E-state index >= 15 is 0 Å². The van der Waals surface area contributed by atoms with Crippen molar-refractivity contribution in [3.8, 4) is 5.75 Å². The number of para-hydroxylation sites is 1. The van der Waals surface area contributed by atoms with Gasteiger partial charge in [-0.1, -0.05) is 12.1 Å². The van der Waals surface area contributed by atoms with Crippen LogP contribution in [0, 0.1) is 5.82 Å². The van der Waals surface area contributed by atoms with Crippen LogP contribution in [-0.4, -0.2) is 57.1 Å². The molecular weight excluding hydrogens is 493 g/mol. The number of amides is 2. The number of hydrogen-bond donors (Lipinski definition) is 1. The standard InChI is InChI=1S/C20H17F3N6O5S/c21-14-3-1-2-13-18(25-17(30)10-34-19(13)14)20(31)27-5-11-6-29(26-15(11)8-27)35(32,33)12-4-24-28(7-12)9-16(22)23/h1-4,6-7,16,18H,5,8-10H2,(H,25,30)/t18-/m1/s1. The van der Waals surface area contributed by atoms with E-state index in [-0.39, 0.29) is 29.3 Å². The number of nitrogens with one attached hydrogen (secondary N) is 1. The van der Waals surface area contributed by atoms with Gasteiger partial charge in [-0.05, 0) is 6.07 Å². The minimum Gasteiger partial charge on any atom is -0.480 e. The van der Waals surface area contributed by atoms with Gasteiger partial charge in [0.2, 0.25) is 0 Å². The summed E-state index contributed by atoms with van der Waals surface area (Å²) in [5.74, 6) is -2.04. The first-order chi connectivity index (χ1) is 16.6. The van der Waals surface area contributed by atoms with Crippen LogP contribution >= 0.6 is 0 Å². The monoisotopic (exact) mass is 510 g/mol. The molecule has 35 heavy (non-hydrogen) atoms. The van der Waals surface area contributed by atoms with Crippen LogP contribution in [-0.2, 0) is 39.2 Å². The van der Waals surface area contributed by atoms with Crippen molar-refractivity contribution in [2.24, 2.45) is 0 Å². The van der Waals surface area contributed by atoms with Gasteiger partial charge in [0.15, 0.2) is 18.2 Å². The fourth-order valence-electron chi connectivity index (χ4n) is 3.93. The van der Waals surface area contributed by atoms with Crippen LogP contribution in [0.4, 0.5) is 13.2 Å². The quantitative estimate of drug-likeness (QED) is 0.538. The zero-order chi connectivity index (χ0) is 24.9. The number of aromatic nitrogens is 4. The van der Waals surface area contributed by atoms with Gasteiger partial charge in [0.25, 0.3) is 28.3 Å². The molecule has 15 heteroatoms. The van der Waals surface area contributed by atoms with Crippen LogP contribution in [0.2, 0.25) is 0 Å². The van der Waals surface area contributed by atoms with Gasteiger partial charge in [0.05, 0.1) is 18.4 Å². The molecule has 2 aliphatic heterocycles. The van der Waals surface area contributed by atoms with Crippen molar-refractivity contribution in [2.45, 2.75) is 37.0 Å². The average Bonchev–Trinajstić information content (AvgIpc) is 3.48. The molecule has 2 amide bonds. The van der Waals surface area contributed by atoms with E-state index in [1.54, 1.807) is 0 Å². The Morgan fingerprint density at radius 3 is 2.80 bits per heavy atom. The second kappa shape index (κ2) is 8.41. The van der Waals surface area contributed by atoms with Gasteiger partial charge >= 0.3 is 0 Å². The molecule has 1 N–H and O–H groups in total. The Balaban J connectivity index is 1.36. The molecule has 0 aliphatic carbocycles. The van der Waals surface area contributed by atoms with Crippen molar-refractivity contribution >= 4 is 21.8 Å². The van der Waals surface area contributed by atoms with Gasteiger partial charge in [0, 0.05) is 30.1 Å². The lowest BCUT2D eigenvalue weighted by atomic mass is 10.0. The third-order valence-corrected chi connectivity index (χ3v) is 7.04. The summed E-state index contributed by atoms with van der Waals surface area (Å²) in [6, 6.07) is 2.83. The highest BCUT2D eigenvalue weighted by atomic mass is 32.2. The van der Waals surface area contributed by atoms with E-state index < -0.39 is 53.3 Å². The predicted octanol–water partition coefficient (Wildman–Crippen LogP) is 0.813. The number of halogens is 3. The molecule has 0 saturated carbocycles. The SMILES string of the molecule is O=C1COc2c(F)cccc2[C@H](C(=O)N2Cc3cn(S(=O)(=O)c4cnn(CC(F)F)c4)nc3C2)N1. The maximum atomic E-state index is 14.2. The molecule has 2 aliphatic rings. The molecule has 3 aromatic rings. The third kappa shape index (κ3) is 4.11. The average molecular weight is 510 g/mol. The van der Waals surface area contributed by atoms with E-state index in [0.717, 1.165) is 23.1 Å². The second-order valence-electron chi connectivity index (χ2n) is 7.91. The maximum Gasteiger partial charge on any atom is 0.286 e. The molecular formula is C20H17F3N6O5S. The summed E-state index contributed by atoms with van der Waals surface area (Å²) < 4.78 is 71.7. The Labute approximate surface area is 196 Å². The minimum atomic E-state index is -4.19. The molecule has 2 aromatic heterocycles. The Kier molecular flexibility index (Phi) is 5.50. The van der Waals surface area contributed by atoms with Crippen LogP contribution in [0.1, 0.15) is 22.9 Å². The molecule has 184 valence electrons. The van der Waals surface area contributed by atoms with Crippen molar-refractivity contribution in [3.05, 3.63) is 59.4 Å². The first kappa shape index (κ1) is 22.9. The number of alkyl halides is 2. The fraction of sp³-hybridized carbons (Fsp3) is 0.300. The number of nitrogens with zero attached hydrogens (tertiary/aromatic N) is 5. The van der Waals surface area contributed by atoms with E-state index in [1.807, 2.05) is 0 Å². The normalized spacial score (nSPS) is 17.5. The second-order valence-corrected chi connectivity index (χ2v) is 9.71. The molecule has 1 aromatic carbocycles. The smallest absolute Gasteiger partial charge is 0.286 e. The molecule has 0 bridgehead atoms. The summed E-state index contributed by atoms with van der Waals surface area (Å²) in [6.45, 7) is -1.26. The number of fused-ring (bicyclic) bond motifs is 2. The van der Waals surface area contributed by atoms with Gasteiger partial charge in [-0.3, -0.25) is 14.3 Å². The first-order valence-electron chi connectivity index (χ1n) is 10.3. The Bertz CT molecular complexity index is 1410. The largest absolute Gasteiger partial charge is 0.480 e. The Morgan fingerprint density at radius 2 is 2.06 bits per heavy atom. The zero-order valence-electron chi connectivity index (χ0n) is 17.8. The molecule has 0 fully saturated rings. The molecule has 4 heterocycles. The lowest BCUT2D eigenvalue weighted by Gasteiger charge is -2.23. The van der Waals surface area contributed by atoms with E-state index in [4.69, 9.17) is 4.74 Å². The van der Waals surface area contributed by atoms with Crippen molar-refractivity contribution in [1.29, 1.82) is 0 Å². The molecule has 1 atom stereocenters. The third-order valence-electron chi connectivity index (χ3n) is 5.56. The number of hydrogen-bond acceptors (Lipinski definition) is 7. The van der Waals surface area contributed by atoms with E-state index in [2.05, 4.69) is 15.5 Å². The first-order valence-corrected chi connectivity index (χ1v) is 11.7. The lowest BCUT2D eigenvalue weighted by molar-refractivity contribution is -0.137. The van der Waals surface area contributed by atoms with Gasteiger partial charge in [-0.15, -0.1) is 0 Å². The van der Waals surface area contributed by atoms with Crippen LogP contribution in [0.5, 0.6) is 5.75 Å². The lowest BCUT2D eigenvalue weighted by Crippen LogP contribution is -2.41. The van der Waals surface area contributed by atoms with E-state index in [1.165, 1.54) is 23.2 Å². The van der Waals surface area contributed by atoms with E-state index in [9.17, 15) is 31.2 Å². The summed E-state index contributed by atoms with van der Waals surface area (Å²) in [5, 5.41) is 10.2. The highest BCUT2D eigenvalue weighted by Crippen LogP contribution is 2.33. The topological polar surface area (TPSA) is 128 Å². The summed E-state index contributed by atoms with van der Waals surface area (Å²) in [7, 11) is -4.19. The fourth-order valence-corrected chi connectivity index (χ4v) is 5.06. The highest BCUT2D eigenvalue weighted by molar-refractivity contribution is 7.89. The summed E-state index contributed by atoms with van der Waals surface area (Å²) in [5.41, 5.74) is 0.911. The Hall–Kier alpha value is -3.88. The van der Waals surface area contributed by atoms with Crippen LogP contribution in [0.25, 0.3) is 0 Å². The summed E-state index contributed by atoms with van der Waals surface area (Å²) in [6.07, 6.45) is 0.464. The molecule has 11 nitrogen and oxygen atoms in total. The van der Waals surface area contributed by atoms with Crippen LogP contribution in [0.15, 0.2) is 41.7 Å². The van der Waals surface area contributed by atoms with Crippen molar-refractivity contribution < 1.29 is 35.9 Å². The highest BCUT2D eigenvalue weighted by Gasteiger charge is 2.37. The number of carbonyl (C=O) groups excluding carboxylic acids is 2. The number of ether oxygens (including phenoxy) is 1. The van der Waals surface area contributed by atoms with Crippen LogP contribution in [0.3, 0.4) is 0 Å². The maximum absolute atomic E-state index is 14.2. The van der Waals surface area contributed by atoms with E-state index in [0.29, 0.717) is 15.3 Å². The summed E-state index contributed by atoms with van der Waals surface area (Å²) in [4.78, 5) is 26.3. The van der Waals surface area contributed by atoms with Crippen molar-refractivity contribution in [3.63, 3.8) is 0 Å². The predicted molar refractivity (Wildman–Crippen MR) is 110 cm³/mol. The van der Waals surface area contributed by atoms with Crippen molar-refractivity contribution in [2.75, 3.05) is 6.61 Å². The summed E-state index contributed by atoms with van der Waals surface area (Å²) >= 11 is 0. The number of benzene rings is 1. The molecule has 0 saturated heterocycles. The number of carbonyl (C=O) groups is 2. The zero-order valence-corrected chi connectivity index (χ0v) is 18.6. The minimum absolute atomic E-state index is 0.00773. The number of rotatable bonds is 5. The van der Waals surface area contributed by atoms with Gasteiger partial charge in [-0.25, -0.2) is 13.2 Å². The molecule has 0 unspecified atom stereocenters. The molecule has 0 spiro atoms. The van der Waals surface area contributed by atoms with Gasteiger partial charge < -0.3 is 15.0 Å². The molecule has 5 rings (SSSR count). The van der Waals surface area contributed by atoms with Gasteiger partial charge in [0.1, 0.15) is 17.5 Å². The van der Waals surface area contributed by atoms with Gasteiger partial charge in [-0.2, -0.15) is 22.7 Å². The molecule has 0 radical (unpaired) electrons. The van der Waals surface area contributed by atoms with Crippen LogP contribution < -0.4 is 10.1 Å².